The molecule has 0 saturated carbocycles. The molecule has 8 nitrogen and oxygen atoms in total. The largest absolute Gasteiger partial charge is 0.497 e. The molecule has 0 saturated heterocycles. The average molecular weight is 477 g/mol. The molecule has 1 heterocycles. The monoisotopic (exact) mass is 476 g/mol. The van der Waals surface area contributed by atoms with Gasteiger partial charge in [0.2, 0.25) is 0 Å². The van der Waals surface area contributed by atoms with Crippen LogP contribution in [0.2, 0.25) is 0 Å². The lowest BCUT2D eigenvalue weighted by Crippen LogP contribution is -2.20. The van der Waals surface area contributed by atoms with Crippen molar-refractivity contribution in [2.24, 2.45) is 0 Å². The van der Waals surface area contributed by atoms with Gasteiger partial charge >= 0.3 is 0 Å². The van der Waals surface area contributed by atoms with Crippen LogP contribution >= 0.6 is 0 Å². The minimum absolute atomic E-state index is 0.0482. The van der Waals surface area contributed by atoms with Crippen molar-refractivity contribution in [2.75, 3.05) is 21.3 Å². The number of ether oxygens (including phenoxy) is 3. The zero-order valence-electron chi connectivity index (χ0n) is 18.6. The molecule has 1 aromatic heterocycles. The van der Waals surface area contributed by atoms with E-state index in [4.69, 9.17) is 19.5 Å². The SMILES string of the molecule is COc1ccc(-c2cc(=O)c3c(OC)cc(OC)cc3n2S(=O)(=O)c2ccc(C#N)cc2)cc1. The zero-order chi connectivity index (χ0) is 24.5. The molecular formula is C25H20N2O6S. The fraction of sp³-hybridized carbons (Fsp3) is 0.120. The molecule has 0 amide bonds. The average Bonchev–Trinajstić information content (AvgIpc) is 2.87. The Labute approximate surface area is 196 Å². The Bertz CT molecular complexity index is 1580. The maximum Gasteiger partial charge on any atom is 0.268 e. The number of hydrogen-bond donors (Lipinski definition) is 0. The van der Waals surface area contributed by atoms with Gasteiger partial charge in [-0.25, -0.2) is 12.4 Å². The van der Waals surface area contributed by atoms with Crippen LogP contribution in [0.25, 0.3) is 22.2 Å². The Kier molecular flexibility index (Phi) is 6.01. The summed E-state index contributed by atoms with van der Waals surface area (Å²) in [5, 5.41) is 9.19. The molecule has 0 N–H and O–H groups in total. The Morgan fingerprint density at radius 3 is 2.03 bits per heavy atom. The third-order valence-electron chi connectivity index (χ3n) is 5.37. The van der Waals surface area contributed by atoms with E-state index in [1.165, 1.54) is 63.8 Å². The second-order valence-electron chi connectivity index (χ2n) is 7.25. The summed E-state index contributed by atoms with van der Waals surface area (Å²) in [4.78, 5) is 13.1. The van der Waals surface area contributed by atoms with E-state index in [1.54, 1.807) is 24.3 Å². The standard InChI is InChI=1S/C25H20N2O6S/c1-31-18-8-6-17(7-9-18)21-14-23(28)25-22(12-19(32-2)13-24(25)33-3)27(21)34(29,30)20-10-4-16(15-26)5-11-20/h4-14H,1-3H3. The summed E-state index contributed by atoms with van der Waals surface area (Å²) >= 11 is 0. The summed E-state index contributed by atoms with van der Waals surface area (Å²) in [5.41, 5.74) is 0.645. The lowest BCUT2D eigenvalue weighted by Gasteiger charge is -2.19. The molecule has 4 aromatic rings. The highest BCUT2D eigenvalue weighted by Crippen LogP contribution is 2.35. The summed E-state index contributed by atoms with van der Waals surface area (Å²) in [6, 6.07) is 18.5. The first-order valence-corrected chi connectivity index (χ1v) is 11.5. The van der Waals surface area contributed by atoms with Crippen LogP contribution in [-0.4, -0.2) is 33.7 Å². The maximum absolute atomic E-state index is 13.9. The number of benzene rings is 3. The van der Waals surface area contributed by atoms with Crippen molar-refractivity contribution < 1.29 is 22.6 Å². The Morgan fingerprint density at radius 1 is 0.824 bits per heavy atom. The molecule has 34 heavy (non-hydrogen) atoms. The van der Waals surface area contributed by atoms with Crippen molar-refractivity contribution in [3.63, 3.8) is 0 Å². The predicted octanol–water partition coefficient (Wildman–Crippen LogP) is 3.80. The van der Waals surface area contributed by atoms with Crippen LogP contribution in [0, 0.1) is 11.3 Å². The molecule has 0 spiro atoms. The van der Waals surface area contributed by atoms with Crippen LogP contribution < -0.4 is 19.6 Å². The molecule has 0 aliphatic carbocycles. The minimum atomic E-state index is -4.23. The quantitative estimate of drug-likeness (QED) is 0.416. The Balaban J connectivity index is 2.15. The summed E-state index contributed by atoms with van der Waals surface area (Å²) in [6.45, 7) is 0. The molecule has 0 bridgehead atoms. The number of pyridine rings is 1. The van der Waals surface area contributed by atoms with Crippen LogP contribution in [-0.2, 0) is 10.0 Å². The van der Waals surface area contributed by atoms with Crippen molar-refractivity contribution in [1.29, 1.82) is 5.26 Å². The summed E-state index contributed by atoms with van der Waals surface area (Å²) in [7, 11) is 0.126. The number of methoxy groups -OCH3 is 3. The molecular weight excluding hydrogens is 456 g/mol. The maximum atomic E-state index is 13.9. The minimum Gasteiger partial charge on any atom is -0.497 e. The highest BCUT2D eigenvalue weighted by molar-refractivity contribution is 7.90. The van der Waals surface area contributed by atoms with Crippen molar-refractivity contribution in [3.8, 4) is 34.6 Å². The molecule has 0 aliphatic rings. The highest BCUT2D eigenvalue weighted by atomic mass is 32.2. The van der Waals surface area contributed by atoms with E-state index in [2.05, 4.69) is 0 Å². The van der Waals surface area contributed by atoms with E-state index < -0.39 is 15.5 Å². The predicted molar refractivity (Wildman–Crippen MR) is 127 cm³/mol. The number of nitriles is 1. The number of fused-ring (bicyclic) bond motifs is 1. The first kappa shape index (κ1) is 22.9. The van der Waals surface area contributed by atoms with Gasteiger partial charge in [0.05, 0.1) is 54.5 Å². The second kappa shape index (κ2) is 8.92. The van der Waals surface area contributed by atoms with Gasteiger partial charge in [-0.05, 0) is 54.1 Å². The van der Waals surface area contributed by atoms with E-state index in [0.717, 1.165) is 3.97 Å². The third-order valence-corrected chi connectivity index (χ3v) is 7.11. The zero-order valence-corrected chi connectivity index (χ0v) is 19.4. The molecule has 9 heteroatoms. The first-order valence-electron chi connectivity index (χ1n) is 10.1. The van der Waals surface area contributed by atoms with Crippen molar-refractivity contribution in [3.05, 3.63) is 82.5 Å². The summed E-state index contributed by atoms with van der Waals surface area (Å²) in [6.07, 6.45) is 0. The lowest BCUT2D eigenvalue weighted by molar-refractivity contribution is 0.397. The van der Waals surface area contributed by atoms with Gasteiger partial charge in [-0.2, -0.15) is 5.26 Å². The smallest absolute Gasteiger partial charge is 0.268 e. The van der Waals surface area contributed by atoms with Crippen LogP contribution in [0.5, 0.6) is 17.2 Å². The normalized spacial score (nSPS) is 11.1. The van der Waals surface area contributed by atoms with Crippen LogP contribution in [0.3, 0.4) is 0 Å². The third kappa shape index (κ3) is 3.84. The fourth-order valence-electron chi connectivity index (χ4n) is 3.68. The van der Waals surface area contributed by atoms with Gasteiger partial charge in [0.15, 0.2) is 5.43 Å². The van der Waals surface area contributed by atoms with Gasteiger partial charge in [-0.3, -0.25) is 4.79 Å². The van der Waals surface area contributed by atoms with E-state index in [0.29, 0.717) is 22.6 Å². The molecule has 3 aromatic carbocycles. The molecule has 4 rings (SSSR count). The molecule has 0 fully saturated rings. The molecule has 0 unspecified atom stereocenters. The molecule has 0 atom stereocenters. The number of rotatable bonds is 6. The van der Waals surface area contributed by atoms with E-state index >= 15 is 0 Å². The van der Waals surface area contributed by atoms with Crippen LogP contribution in [0.1, 0.15) is 5.56 Å². The number of nitrogens with zero attached hydrogens (tertiary/aromatic N) is 2. The first-order chi connectivity index (χ1) is 16.3. The molecule has 0 radical (unpaired) electrons. The van der Waals surface area contributed by atoms with Crippen LogP contribution in [0.4, 0.5) is 0 Å². The highest BCUT2D eigenvalue weighted by Gasteiger charge is 2.26. The van der Waals surface area contributed by atoms with Gasteiger partial charge in [-0.1, -0.05) is 0 Å². The van der Waals surface area contributed by atoms with Crippen molar-refractivity contribution >= 4 is 20.9 Å². The van der Waals surface area contributed by atoms with E-state index in [9.17, 15) is 13.2 Å². The fourth-order valence-corrected chi connectivity index (χ4v) is 5.19. The lowest BCUT2D eigenvalue weighted by atomic mass is 10.1. The second-order valence-corrected chi connectivity index (χ2v) is 9.04. The molecule has 0 aliphatic heterocycles. The number of aromatic nitrogens is 1. The van der Waals surface area contributed by atoms with Gasteiger partial charge in [0.25, 0.3) is 10.0 Å². The van der Waals surface area contributed by atoms with Gasteiger partial charge < -0.3 is 14.2 Å². The Morgan fingerprint density at radius 2 is 1.47 bits per heavy atom. The summed E-state index contributed by atoms with van der Waals surface area (Å²) < 4.78 is 44.9. The van der Waals surface area contributed by atoms with E-state index in [1.807, 2.05) is 6.07 Å². The van der Waals surface area contributed by atoms with Crippen LogP contribution in [0.15, 0.2) is 76.4 Å². The van der Waals surface area contributed by atoms with Gasteiger partial charge in [0, 0.05) is 18.2 Å². The van der Waals surface area contributed by atoms with Gasteiger partial charge in [0.1, 0.15) is 17.2 Å². The van der Waals surface area contributed by atoms with Crippen molar-refractivity contribution in [2.45, 2.75) is 4.90 Å². The number of hydrogen-bond acceptors (Lipinski definition) is 7. The Hall–Kier alpha value is -4.29. The van der Waals surface area contributed by atoms with Gasteiger partial charge in [-0.15, -0.1) is 0 Å². The molecule has 172 valence electrons. The van der Waals surface area contributed by atoms with Crippen molar-refractivity contribution in [1.82, 2.24) is 3.97 Å². The topological polar surface area (TPSA) is 108 Å². The summed E-state index contributed by atoms with van der Waals surface area (Å²) in [5.74, 6) is 1.08. The van der Waals surface area contributed by atoms with E-state index in [-0.39, 0.29) is 27.2 Å².